The van der Waals surface area contributed by atoms with E-state index in [-0.39, 0.29) is 11.6 Å². The number of halogens is 1. The molecule has 0 radical (unpaired) electrons. The molecule has 0 saturated heterocycles. The fourth-order valence-corrected chi connectivity index (χ4v) is 1.61. The molecule has 0 bridgehead atoms. The summed E-state index contributed by atoms with van der Waals surface area (Å²) in [5, 5.41) is 11.9. The first kappa shape index (κ1) is 7.50. The fourth-order valence-electron chi connectivity index (χ4n) is 0.597. The molecule has 0 saturated carbocycles. The van der Waals surface area contributed by atoms with Gasteiger partial charge in [-0.3, -0.25) is 10.1 Å². The highest BCUT2D eigenvalue weighted by molar-refractivity contribution is 7.10. The third kappa shape index (κ3) is 1.27. The van der Waals surface area contributed by atoms with E-state index in [4.69, 9.17) is 11.6 Å². The van der Waals surface area contributed by atoms with Crippen LogP contribution < -0.4 is 0 Å². The minimum absolute atomic E-state index is 0.125. The fraction of sp³-hybridized carbons (Fsp3) is 0.200. The molecule has 0 unspecified atom stereocenters. The standard InChI is InChI=1S/C5H4ClNO2S/c6-3-5-4(7(8)9)1-2-10-5/h1-2H,3H2. The molecule has 0 atom stereocenters. The summed E-state index contributed by atoms with van der Waals surface area (Å²) in [7, 11) is 0. The maximum atomic E-state index is 10.2. The number of thiophene rings is 1. The molecule has 10 heavy (non-hydrogen) atoms. The summed E-state index contributed by atoms with van der Waals surface area (Å²) in [6.07, 6.45) is 0. The van der Waals surface area contributed by atoms with Gasteiger partial charge in [0, 0.05) is 6.07 Å². The Morgan fingerprint density at radius 2 is 2.50 bits per heavy atom. The Bertz CT molecular complexity index is 248. The Labute approximate surface area is 66.4 Å². The molecule has 3 nitrogen and oxygen atoms in total. The second-order valence-electron chi connectivity index (χ2n) is 1.62. The van der Waals surface area contributed by atoms with Crippen molar-refractivity contribution in [2.45, 2.75) is 5.88 Å². The van der Waals surface area contributed by atoms with Crippen LogP contribution in [0.15, 0.2) is 11.4 Å². The van der Waals surface area contributed by atoms with Crippen LogP contribution >= 0.6 is 22.9 Å². The maximum absolute atomic E-state index is 10.2. The Morgan fingerprint density at radius 3 is 2.90 bits per heavy atom. The third-order valence-corrected chi connectivity index (χ3v) is 2.38. The van der Waals surface area contributed by atoms with Crippen LogP contribution in [0.5, 0.6) is 0 Å². The first-order valence-electron chi connectivity index (χ1n) is 2.52. The monoisotopic (exact) mass is 177 g/mol. The smallest absolute Gasteiger partial charge is 0.258 e. The van der Waals surface area contributed by atoms with Gasteiger partial charge in [0.25, 0.3) is 5.69 Å². The van der Waals surface area contributed by atoms with Gasteiger partial charge >= 0.3 is 0 Å². The van der Waals surface area contributed by atoms with Crippen LogP contribution in [-0.2, 0) is 5.88 Å². The Balaban J connectivity index is 3.01. The number of hydrogen-bond acceptors (Lipinski definition) is 3. The number of nitro groups is 1. The van der Waals surface area contributed by atoms with Crippen molar-refractivity contribution in [3.8, 4) is 0 Å². The van der Waals surface area contributed by atoms with E-state index in [0.717, 1.165) is 0 Å². The van der Waals surface area contributed by atoms with E-state index in [0.29, 0.717) is 4.88 Å². The maximum Gasteiger partial charge on any atom is 0.284 e. The lowest BCUT2D eigenvalue weighted by atomic mass is 10.4. The third-order valence-electron chi connectivity index (χ3n) is 1.04. The summed E-state index contributed by atoms with van der Waals surface area (Å²) in [6.45, 7) is 0. The number of alkyl halides is 1. The first-order valence-corrected chi connectivity index (χ1v) is 3.94. The molecule has 1 heterocycles. The molecule has 54 valence electrons. The molecule has 1 aromatic rings. The number of rotatable bonds is 2. The topological polar surface area (TPSA) is 43.1 Å². The zero-order valence-corrected chi connectivity index (χ0v) is 6.48. The van der Waals surface area contributed by atoms with Gasteiger partial charge in [0.05, 0.1) is 15.7 Å². The summed E-state index contributed by atoms with van der Waals surface area (Å²) < 4.78 is 0. The van der Waals surface area contributed by atoms with Crippen molar-refractivity contribution in [1.29, 1.82) is 0 Å². The van der Waals surface area contributed by atoms with Gasteiger partial charge in [-0.15, -0.1) is 22.9 Å². The molecule has 1 rings (SSSR count). The Morgan fingerprint density at radius 1 is 1.80 bits per heavy atom. The molecular weight excluding hydrogens is 174 g/mol. The zero-order chi connectivity index (χ0) is 7.56. The summed E-state index contributed by atoms with van der Waals surface area (Å²) in [5.41, 5.74) is 0.125. The van der Waals surface area contributed by atoms with Gasteiger partial charge in [-0.05, 0) is 5.38 Å². The molecule has 0 aliphatic heterocycles. The SMILES string of the molecule is O=[N+]([O-])c1ccsc1CCl. The lowest BCUT2D eigenvalue weighted by molar-refractivity contribution is -0.385. The molecule has 0 N–H and O–H groups in total. The lowest BCUT2D eigenvalue weighted by Crippen LogP contribution is -1.87. The molecular formula is C5H4ClNO2S. The van der Waals surface area contributed by atoms with Crippen molar-refractivity contribution in [1.82, 2.24) is 0 Å². The predicted octanol–water partition coefficient (Wildman–Crippen LogP) is 2.40. The minimum Gasteiger partial charge on any atom is -0.258 e. The van der Waals surface area contributed by atoms with Crippen molar-refractivity contribution in [3.63, 3.8) is 0 Å². The van der Waals surface area contributed by atoms with Gasteiger partial charge in [0.15, 0.2) is 0 Å². The van der Waals surface area contributed by atoms with Gasteiger partial charge in [-0.2, -0.15) is 0 Å². The highest BCUT2D eigenvalue weighted by Crippen LogP contribution is 2.25. The average molecular weight is 178 g/mol. The molecule has 0 aliphatic rings. The van der Waals surface area contributed by atoms with E-state index < -0.39 is 4.92 Å². The zero-order valence-electron chi connectivity index (χ0n) is 4.91. The van der Waals surface area contributed by atoms with E-state index in [1.54, 1.807) is 5.38 Å². The van der Waals surface area contributed by atoms with Crippen LogP contribution in [-0.4, -0.2) is 4.92 Å². The largest absolute Gasteiger partial charge is 0.284 e. The van der Waals surface area contributed by atoms with Gasteiger partial charge in [0.2, 0.25) is 0 Å². The van der Waals surface area contributed by atoms with Gasteiger partial charge in [-0.25, -0.2) is 0 Å². The van der Waals surface area contributed by atoms with Crippen LogP contribution in [0.25, 0.3) is 0 Å². The van der Waals surface area contributed by atoms with E-state index in [1.807, 2.05) is 0 Å². The molecule has 0 aromatic carbocycles. The van der Waals surface area contributed by atoms with Crippen LogP contribution in [0.4, 0.5) is 5.69 Å². The van der Waals surface area contributed by atoms with Crippen molar-refractivity contribution in [2.75, 3.05) is 0 Å². The summed E-state index contributed by atoms with van der Waals surface area (Å²) in [5.74, 6) is 0.216. The lowest BCUT2D eigenvalue weighted by Gasteiger charge is -1.86. The second kappa shape index (κ2) is 2.98. The van der Waals surface area contributed by atoms with Gasteiger partial charge < -0.3 is 0 Å². The second-order valence-corrected chi connectivity index (χ2v) is 2.89. The van der Waals surface area contributed by atoms with Crippen LogP contribution in [0, 0.1) is 10.1 Å². The van der Waals surface area contributed by atoms with Gasteiger partial charge in [-0.1, -0.05) is 0 Å². The number of hydrogen-bond donors (Lipinski definition) is 0. The first-order chi connectivity index (χ1) is 4.75. The van der Waals surface area contributed by atoms with E-state index in [1.165, 1.54) is 17.4 Å². The summed E-state index contributed by atoms with van der Waals surface area (Å²) in [6, 6.07) is 1.46. The molecule has 0 spiro atoms. The minimum atomic E-state index is -0.422. The van der Waals surface area contributed by atoms with Crippen LogP contribution in [0.3, 0.4) is 0 Å². The van der Waals surface area contributed by atoms with Crippen molar-refractivity contribution >= 4 is 28.6 Å². The van der Waals surface area contributed by atoms with Crippen LogP contribution in [0.1, 0.15) is 4.88 Å². The molecule has 5 heteroatoms. The van der Waals surface area contributed by atoms with E-state index in [9.17, 15) is 10.1 Å². The van der Waals surface area contributed by atoms with E-state index in [2.05, 4.69) is 0 Å². The number of nitrogens with zero attached hydrogens (tertiary/aromatic N) is 1. The molecule has 0 fully saturated rings. The summed E-state index contributed by atoms with van der Waals surface area (Å²) in [4.78, 5) is 10.4. The average Bonchev–Trinajstić information content (AvgIpc) is 2.33. The van der Waals surface area contributed by atoms with Crippen molar-refractivity contribution in [2.24, 2.45) is 0 Å². The van der Waals surface area contributed by atoms with E-state index >= 15 is 0 Å². The summed E-state index contributed by atoms with van der Waals surface area (Å²) >= 11 is 6.73. The van der Waals surface area contributed by atoms with Gasteiger partial charge in [0.1, 0.15) is 0 Å². The molecule has 1 aromatic heterocycles. The molecule has 0 amide bonds. The molecule has 0 aliphatic carbocycles. The van der Waals surface area contributed by atoms with Crippen molar-refractivity contribution < 1.29 is 4.92 Å². The van der Waals surface area contributed by atoms with Crippen molar-refractivity contribution in [3.05, 3.63) is 26.4 Å². The highest BCUT2D eigenvalue weighted by atomic mass is 35.5. The highest BCUT2D eigenvalue weighted by Gasteiger charge is 2.12. The Hall–Kier alpha value is -0.610. The Kier molecular flexibility index (Phi) is 2.24. The predicted molar refractivity (Wildman–Crippen MR) is 40.5 cm³/mol. The quantitative estimate of drug-likeness (QED) is 0.396. The normalized spacial score (nSPS) is 9.70. The van der Waals surface area contributed by atoms with Crippen LogP contribution in [0.2, 0.25) is 0 Å².